The molecule has 0 N–H and O–H groups in total. The predicted octanol–water partition coefficient (Wildman–Crippen LogP) is 0.340. The molecule has 2 aliphatic heterocycles. The van der Waals surface area contributed by atoms with Gasteiger partial charge < -0.3 is 9.47 Å². The van der Waals surface area contributed by atoms with Crippen molar-refractivity contribution < 1.29 is 9.47 Å². The zero-order valence-electron chi connectivity index (χ0n) is 4.54. The van der Waals surface area contributed by atoms with Crippen LogP contribution in [-0.2, 0) is 9.47 Å². The first-order valence-corrected chi connectivity index (χ1v) is 2.87. The van der Waals surface area contributed by atoms with Gasteiger partial charge in [0.05, 0.1) is 13.2 Å². The quantitative estimate of drug-likeness (QED) is 0.360. The summed E-state index contributed by atoms with van der Waals surface area (Å²) in [5, 5.41) is 0. The minimum atomic E-state index is 0.273. The van der Waals surface area contributed by atoms with Gasteiger partial charge in [-0.1, -0.05) is 12.2 Å². The van der Waals surface area contributed by atoms with Crippen molar-refractivity contribution in [3.8, 4) is 0 Å². The van der Waals surface area contributed by atoms with Gasteiger partial charge in [0, 0.05) is 0 Å². The maximum absolute atomic E-state index is 5.24. The van der Waals surface area contributed by atoms with Crippen LogP contribution in [0.25, 0.3) is 0 Å². The van der Waals surface area contributed by atoms with Crippen LogP contribution in [0.15, 0.2) is 12.2 Å². The molecule has 0 bridgehead atoms. The van der Waals surface area contributed by atoms with Crippen LogP contribution in [0.2, 0.25) is 0 Å². The van der Waals surface area contributed by atoms with Gasteiger partial charge in [-0.3, -0.25) is 0 Å². The van der Waals surface area contributed by atoms with E-state index in [4.69, 9.17) is 9.47 Å². The molecular formula is C6H8O2. The Hall–Kier alpha value is -0.340. The third-order valence-electron chi connectivity index (χ3n) is 1.44. The molecule has 0 aromatic heterocycles. The third-order valence-corrected chi connectivity index (χ3v) is 1.44. The predicted molar refractivity (Wildman–Crippen MR) is 28.6 cm³/mol. The van der Waals surface area contributed by atoms with Gasteiger partial charge in [-0.15, -0.1) is 0 Å². The summed E-state index contributed by atoms with van der Waals surface area (Å²) < 4.78 is 10.3. The molecule has 2 nitrogen and oxygen atoms in total. The van der Waals surface area contributed by atoms with Gasteiger partial charge in [0.1, 0.15) is 12.2 Å². The van der Waals surface area contributed by atoms with E-state index in [-0.39, 0.29) is 6.10 Å². The Kier molecular flexibility index (Phi) is 0.889. The zero-order valence-corrected chi connectivity index (χ0v) is 4.54. The highest BCUT2D eigenvalue weighted by Crippen LogP contribution is 2.20. The highest BCUT2D eigenvalue weighted by Gasteiger charge is 2.32. The van der Waals surface area contributed by atoms with Gasteiger partial charge in [-0.05, 0) is 0 Å². The number of hydrogen-bond donors (Lipinski definition) is 0. The van der Waals surface area contributed by atoms with Crippen molar-refractivity contribution in [2.45, 2.75) is 12.2 Å². The van der Waals surface area contributed by atoms with Crippen LogP contribution in [0.3, 0.4) is 0 Å². The van der Waals surface area contributed by atoms with Crippen molar-refractivity contribution in [2.75, 3.05) is 13.2 Å². The molecular weight excluding hydrogens is 104 g/mol. The molecule has 0 spiro atoms. The fourth-order valence-corrected chi connectivity index (χ4v) is 0.888. The monoisotopic (exact) mass is 112 g/mol. The van der Waals surface area contributed by atoms with Crippen LogP contribution in [0.4, 0.5) is 0 Å². The topological polar surface area (TPSA) is 21.8 Å². The van der Waals surface area contributed by atoms with Crippen LogP contribution in [0.5, 0.6) is 0 Å². The van der Waals surface area contributed by atoms with Gasteiger partial charge >= 0.3 is 0 Å². The van der Waals surface area contributed by atoms with Crippen molar-refractivity contribution in [2.24, 2.45) is 0 Å². The Labute approximate surface area is 48.1 Å². The number of rotatable bonds is 1. The van der Waals surface area contributed by atoms with E-state index < -0.39 is 0 Å². The Morgan fingerprint density at radius 3 is 2.75 bits per heavy atom. The van der Waals surface area contributed by atoms with Crippen LogP contribution in [-0.4, -0.2) is 25.4 Å². The van der Waals surface area contributed by atoms with Crippen LogP contribution >= 0.6 is 0 Å². The third kappa shape index (κ3) is 0.659. The van der Waals surface area contributed by atoms with E-state index in [0.29, 0.717) is 6.10 Å². The van der Waals surface area contributed by atoms with E-state index in [1.165, 1.54) is 0 Å². The summed E-state index contributed by atoms with van der Waals surface area (Å²) in [7, 11) is 0. The molecule has 0 aromatic carbocycles. The van der Waals surface area contributed by atoms with E-state index in [0.717, 1.165) is 13.2 Å². The van der Waals surface area contributed by atoms with Crippen molar-refractivity contribution in [1.82, 2.24) is 0 Å². The summed E-state index contributed by atoms with van der Waals surface area (Å²) in [6, 6.07) is 0. The first-order chi connectivity index (χ1) is 3.97. The van der Waals surface area contributed by atoms with Gasteiger partial charge in [-0.2, -0.15) is 0 Å². The summed E-state index contributed by atoms with van der Waals surface area (Å²) in [4.78, 5) is 0. The highest BCUT2D eigenvalue weighted by molar-refractivity contribution is 5.02. The minimum Gasteiger partial charge on any atom is -0.370 e. The molecule has 2 heteroatoms. The van der Waals surface area contributed by atoms with Crippen molar-refractivity contribution in [3.05, 3.63) is 12.2 Å². The Balaban J connectivity index is 1.95. The second-order valence-electron chi connectivity index (χ2n) is 2.10. The molecule has 2 aliphatic rings. The van der Waals surface area contributed by atoms with Crippen molar-refractivity contribution in [3.63, 3.8) is 0 Å². The Bertz CT molecular complexity index is 116. The lowest BCUT2D eigenvalue weighted by molar-refractivity contribution is 0.103. The van der Waals surface area contributed by atoms with E-state index in [1.54, 1.807) is 0 Å². The molecule has 1 fully saturated rings. The molecule has 2 heterocycles. The number of ether oxygens (including phenoxy) is 2. The molecule has 0 amide bonds. The van der Waals surface area contributed by atoms with Gasteiger partial charge in [0.25, 0.3) is 0 Å². The van der Waals surface area contributed by atoms with Crippen molar-refractivity contribution >= 4 is 0 Å². The average Bonchev–Trinajstić information content (AvgIpc) is 2.49. The Morgan fingerprint density at radius 2 is 2.25 bits per heavy atom. The SMILES string of the molecule is C1=C[C@H]([C@@H]2CO2)OC1. The molecule has 0 saturated carbocycles. The first kappa shape index (κ1) is 4.53. The maximum Gasteiger partial charge on any atom is 0.111 e. The number of hydrogen-bond acceptors (Lipinski definition) is 2. The Morgan fingerprint density at radius 1 is 1.38 bits per heavy atom. The highest BCUT2D eigenvalue weighted by atomic mass is 16.6. The molecule has 44 valence electrons. The molecule has 0 unspecified atom stereocenters. The van der Waals surface area contributed by atoms with Gasteiger partial charge in [-0.25, -0.2) is 0 Å². The fraction of sp³-hybridized carbons (Fsp3) is 0.667. The second kappa shape index (κ2) is 1.57. The summed E-state index contributed by atoms with van der Waals surface area (Å²) in [6.07, 6.45) is 4.76. The molecule has 8 heavy (non-hydrogen) atoms. The summed E-state index contributed by atoms with van der Waals surface area (Å²) in [5.74, 6) is 0. The molecule has 2 rings (SSSR count). The second-order valence-corrected chi connectivity index (χ2v) is 2.10. The normalized spacial score (nSPS) is 43.0. The van der Waals surface area contributed by atoms with E-state index in [2.05, 4.69) is 6.08 Å². The lowest BCUT2D eigenvalue weighted by Gasteiger charge is -2.00. The first-order valence-electron chi connectivity index (χ1n) is 2.87. The number of epoxide rings is 1. The molecule has 1 saturated heterocycles. The molecule has 0 aromatic rings. The van der Waals surface area contributed by atoms with Gasteiger partial charge in [0.2, 0.25) is 0 Å². The maximum atomic E-state index is 5.24. The smallest absolute Gasteiger partial charge is 0.111 e. The van der Waals surface area contributed by atoms with E-state index in [9.17, 15) is 0 Å². The lowest BCUT2D eigenvalue weighted by Crippen LogP contribution is -2.11. The lowest BCUT2D eigenvalue weighted by atomic mass is 10.3. The van der Waals surface area contributed by atoms with Gasteiger partial charge in [0.15, 0.2) is 0 Å². The summed E-state index contributed by atoms with van der Waals surface area (Å²) in [6.45, 7) is 1.65. The van der Waals surface area contributed by atoms with Crippen molar-refractivity contribution in [1.29, 1.82) is 0 Å². The van der Waals surface area contributed by atoms with Crippen LogP contribution in [0.1, 0.15) is 0 Å². The molecule has 0 radical (unpaired) electrons. The van der Waals surface area contributed by atoms with Crippen LogP contribution in [0, 0.1) is 0 Å². The standard InChI is InChI=1S/C6H8O2/c1-2-5(7-3-1)6-4-8-6/h1-2,5-6H,3-4H2/t5-,6+/m1/s1. The average molecular weight is 112 g/mol. The zero-order chi connectivity index (χ0) is 5.40. The largest absolute Gasteiger partial charge is 0.370 e. The van der Waals surface area contributed by atoms with Crippen LogP contribution < -0.4 is 0 Å². The molecule has 0 aliphatic carbocycles. The van der Waals surface area contributed by atoms with E-state index in [1.807, 2.05) is 6.08 Å². The summed E-state index contributed by atoms with van der Waals surface area (Å²) >= 11 is 0. The fourth-order valence-electron chi connectivity index (χ4n) is 0.888. The minimum absolute atomic E-state index is 0.273. The molecule has 2 atom stereocenters. The summed E-state index contributed by atoms with van der Waals surface area (Å²) in [5.41, 5.74) is 0. The van der Waals surface area contributed by atoms with E-state index >= 15 is 0 Å².